The number of hydrogen-bond donors (Lipinski definition) is 0. The molecule has 3 heteroatoms. The molecule has 2 atom stereocenters. The van der Waals surface area contributed by atoms with Crippen LogP contribution in [0.2, 0.25) is 0 Å². The van der Waals surface area contributed by atoms with E-state index in [1.165, 1.54) is 18.6 Å². The Hall–Kier alpha value is -1.38. The summed E-state index contributed by atoms with van der Waals surface area (Å²) in [5, 5.41) is 8.74. The van der Waals surface area contributed by atoms with Crippen LogP contribution in [0.4, 0.5) is 0 Å². The van der Waals surface area contributed by atoms with Gasteiger partial charge in [-0.3, -0.25) is 0 Å². The molecule has 0 aliphatic heterocycles. The van der Waals surface area contributed by atoms with Crippen molar-refractivity contribution in [2.75, 3.05) is 0 Å². The molecule has 0 amide bonds. The molecule has 2 saturated carbocycles. The van der Waals surface area contributed by atoms with Crippen LogP contribution in [0.25, 0.3) is 0 Å². The average molecular weight is 258 g/mol. The lowest BCUT2D eigenvalue weighted by Crippen LogP contribution is -2.32. The van der Waals surface area contributed by atoms with E-state index in [2.05, 4.69) is 31.0 Å². The molecule has 0 radical (unpaired) electrons. The molecule has 2 unspecified atom stereocenters. The van der Waals surface area contributed by atoms with E-state index in [4.69, 9.17) is 4.42 Å². The van der Waals surface area contributed by atoms with Gasteiger partial charge >= 0.3 is 0 Å². The standard InChI is InChI=1S/C16H22N2O/c1-11-5-6-13(19-11)10-17-18-14-9-12-7-8-16(14,4)15(12,2)3/h5-6,10,12H,7-9H2,1-4H3/b17-10+,18-14+. The molecule has 2 aliphatic carbocycles. The molecular formula is C16H22N2O. The molecule has 1 aromatic rings. The van der Waals surface area contributed by atoms with Gasteiger partial charge in [0.2, 0.25) is 0 Å². The number of nitrogens with zero attached hydrogens (tertiary/aromatic N) is 2. The van der Waals surface area contributed by atoms with Crippen LogP contribution < -0.4 is 0 Å². The van der Waals surface area contributed by atoms with Crippen molar-refractivity contribution in [3.05, 3.63) is 23.7 Å². The van der Waals surface area contributed by atoms with Gasteiger partial charge in [-0.2, -0.15) is 10.2 Å². The predicted octanol–water partition coefficient (Wildman–Crippen LogP) is 4.21. The first kappa shape index (κ1) is 12.6. The van der Waals surface area contributed by atoms with Crippen LogP contribution in [0.5, 0.6) is 0 Å². The summed E-state index contributed by atoms with van der Waals surface area (Å²) in [6.07, 6.45) is 5.41. The van der Waals surface area contributed by atoms with Crippen molar-refractivity contribution >= 4 is 11.9 Å². The predicted molar refractivity (Wildman–Crippen MR) is 77.7 cm³/mol. The van der Waals surface area contributed by atoms with E-state index in [1.54, 1.807) is 6.21 Å². The smallest absolute Gasteiger partial charge is 0.147 e. The third kappa shape index (κ3) is 1.78. The number of furan rings is 1. The van der Waals surface area contributed by atoms with E-state index < -0.39 is 0 Å². The summed E-state index contributed by atoms with van der Waals surface area (Å²) in [6, 6.07) is 3.86. The van der Waals surface area contributed by atoms with Gasteiger partial charge in [0.05, 0.1) is 6.21 Å². The summed E-state index contributed by atoms with van der Waals surface area (Å²) in [6.45, 7) is 9.05. The Morgan fingerprint density at radius 3 is 2.63 bits per heavy atom. The summed E-state index contributed by atoms with van der Waals surface area (Å²) in [5.74, 6) is 2.45. The highest BCUT2D eigenvalue weighted by Gasteiger charge is 2.59. The Kier molecular flexibility index (Phi) is 2.70. The lowest BCUT2D eigenvalue weighted by Gasteiger charge is -2.34. The minimum atomic E-state index is 0.230. The summed E-state index contributed by atoms with van der Waals surface area (Å²) >= 11 is 0. The molecule has 0 N–H and O–H groups in total. The minimum absolute atomic E-state index is 0.230. The van der Waals surface area contributed by atoms with Gasteiger partial charge in [-0.1, -0.05) is 20.8 Å². The molecular weight excluding hydrogens is 236 g/mol. The van der Waals surface area contributed by atoms with Crippen LogP contribution in [0.3, 0.4) is 0 Å². The Morgan fingerprint density at radius 1 is 1.32 bits per heavy atom. The number of aryl methyl sites for hydroxylation is 1. The average Bonchev–Trinajstić information content (AvgIpc) is 2.90. The number of hydrogen-bond acceptors (Lipinski definition) is 3. The Labute approximate surface area is 114 Å². The van der Waals surface area contributed by atoms with Crippen LogP contribution in [-0.4, -0.2) is 11.9 Å². The maximum absolute atomic E-state index is 5.46. The lowest BCUT2D eigenvalue weighted by molar-refractivity contribution is 0.194. The molecule has 3 nitrogen and oxygen atoms in total. The van der Waals surface area contributed by atoms with Crippen molar-refractivity contribution in [3.63, 3.8) is 0 Å². The zero-order valence-corrected chi connectivity index (χ0v) is 12.2. The molecule has 2 fully saturated rings. The van der Waals surface area contributed by atoms with E-state index in [9.17, 15) is 0 Å². The van der Waals surface area contributed by atoms with Crippen molar-refractivity contribution in [1.29, 1.82) is 0 Å². The van der Waals surface area contributed by atoms with Gasteiger partial charge in [0.15, 0.2) is 0 Å². The van der Waals surface area contributed by atoms with Gasteiger partial charge in [-0.25, -0.2) is 0 Å². The van der Waals surface area contributed by atoms with Crippen LogP contribution in [0, 0.1) is 23.7 Å². The van der Waals surface area contributed by atoms with Crippen LogP contribution in [0.1, 0.15) is 51.6 Å². The Morgan fingerprint density at radius 2 is 2.11 bits per heavy atom. The summed E-state index contributed by atoms with van der Waals surface area (Å²) in [7, 11) is 0. The van der Waals surface area contributed by atoms with Gasteiger partial charge in [0.25, 0.3) is 0 Å². The summed E-state index contributed by atoms with van der Waals surface area (Å²) in [4.78, 5) is 0. The van der Waals surface area contributed by atoms with E-state index in [-0.39, 0.29) is 5.41 Å². The highest BCUT2D eigenvalue weighted by molar-refractivity contribution is 5.94. The molecule has 2 bridgehead atoms. The molecule has 0 saturated heterocycles. The lowest BCUT2D eigenvalue weighted by atomic mass is 9.70. The number of fused-ring (bicyclic) bond motifs is 2. The molecule has 3 rings (SSSR count). The second kappa shape index (κ2) is 4.06. The normalized spacial score (nSPS) is 34.7. The van der Waals surface area contributed by atoms with Crippen LogP contribution >= 0.6 is 0 Å². The van der Waals surface area contributed by atoms with Crippen LogP contribution in [0.15, 0.2) is 26.8 Å². The number of rotatable bonds is 2. The fourth-order valence-corrected chi connectivity index (χ4v) is 3.76. The largest absolute Gasteiger partial charge is 0.460 e. The highest BCUT2D eigenvalue weighted by atomic mass is 16.3. The molecule has 0 aromatic carbocycles. The first-order chi connectivity index (χ1) is 8.93. The molecule has 1 heterocycles. The molecule has 0 spiro atoms. The van der Waals surface area contributed by atoms with E-state index in [0.29, 0.717) is 5.41 Å². The van der Waals surface area contributed by atoms with Crippen molar-refractivity contribution in [2.45, 2.75) is 47.0 Å². The maximum Gasteiger partial charge on any atom is 0.147 e. The third-order valence-corrected chi connectivity index (χ3v) is 5.64. The first-order valence-electron chi connectivity index (χ1n) is 7.10. The van der Waals surface area contributed by atoms with Gasteiger partial charge in [-0.05, 0) is 49.7 Å². The highest BCUT2D eigenvalue weighted by Crippen LogP contribution is 2.63. The summed E-state index contributed by atoms with van der Waals surface area (Å²) in [5.41, 5.74) is 1.87. The topological polar surface area (TPSA) is 37.9 Å². The molecule has 102 valence electrons. The fraction of sp³-hybridized carbons (Fsp3) is 0.625. The van der Waals surface area contributed by atoms with Crippen molar-refractivity contribution < 1.29 is 4.42 Å². The van der Waals surface area contributed by atoms with E-state index >= 15 is 0 Å². The van der Waals surface area contributed by atoms with E-state index in [0.717, 1.165) is 23.9 Å². The second-order valence-electron chi connectivity index (χ2n) is 6.73. The minimum Gasteiger partial charge on any atom is -0.460 e. The first-order valence-corrected chi connectivity index (χ1v) is 7.10. The van der Waals surface area contributed by atoms with Crippen LogP contribution in [-0.2, 0) is 0 Å². The zero-order chi connectivity index (χ0) is 13.7. The SMILES string of the molecule is Cc1ccc(/C=N/N=C2\CC3CCC2(C)C3(C)C)o1. The second-order valence-corrected chi connectivity index (χ2v) is 6.73. The van der Waals surface area contributed by atoms with Crippen molar-refractivity contribution in [2.24, 2.45) is 27.0 Å². The fourth-order valence-electron chi connectivity index (χ4n) is 3.76. The van der Waals surface area contributed by atoms with Gasteiger partial charge in [0, 0.05) is 11.1 Å². The Bertz CT molecular complexity index is 553. The van der Waals surface area contributed by atoms with Gasteiger partial charge in [0.1, 0.15) is 11.5 Å². The quantitative estimate of drug-likeness (QED) is 0.578. The van der Waals surface area contributed by atoms with E-state index in [1.807, 2.05) is 19.1 Å². The van der Waals surface area contributed by atoms with Crippen molar-refractivity contribution in [3.8, 4) is 0 Å². The van der Waals surface area contributed by atoms with Gasteiger partial charge < -0.3 is 4.42 Å². The third-order valence-electron chi connectivity index (χ3n) is 5.64. The molecule has 2 aliphatic rings. The monoisotopic (exact) mass is 258 g/mol. The Balaban J connectivity index is 1.81. The maximum atomic E-state index is 5.46. The van der Waals surface area contributed by atoms with Crippen molar-refractivity contribution in [1.82, 2.24) is 0 Å². The van der Waals surface area contributed by atoms with Gasteiger partial charge in [-0.15, -0.1) is 0 Å². The zero-order valence-electron chi connectivity index (χ0n) is 12.2. The molecule has 1 aromatic heterocycles. The summed E-state index contributed by atoms with van der Waals surface area (Å²) < 4.78 is 5.46. The molecule has 19 heavy (non-hydrogen) atoms.